The smallest absolute Gasteiger partial charge is 0.417 e. The molecule has 0 spiro atoms. The molecular formula is C5H3F5O3. The van der Waals surface area contributed by atoms with Crippen molar-refractivity contribution < 1.29 is 36.2 Å². The van der Waals surface area contributed by atoms with E-state index in [2.05, 4.69) is 9.47 Å². The zero-order valence-corrected chi connectivity index (χ0v) is 5.85. The van der Waals surface area contributed by atoms with Gasteiger partial charge in [0, 0.05) is 0 Å². The van der Waals surface area contributed by atoms with E-state index in [9.17, 15) is 26.7 Å². The van der Waals surface area contributed by atoms with Gasteiger partial charge in [-0.25, -0.2) is 13.6 Å². The third-order valence-corrected chi connectivity index (χ3v) is 1.34. The Hall–Kier alpha value is -1.08. The predicted molar refractivity (Wildman–Crippen MR) is 27.2 cm³/mol. The summed E-state index contributed by atoms with van der Waals surface area (Å²) in [4.78, 5) is 10.1. The summed E-state index contributed by atoms with van der Waals surface area (Å²) in [7, 11) is 0. The molecule has 0 radical (unpaired) electrons. The van der Waals surface area contributed by atoms with Crippen LogP contribution in [0.4, 0.5) is 26.7 Å². The lowest BCUT2D eigenvalue weighted by Gasteiger charge is -2.19. The Labute approximate surface area is 68.4 Å². The third-order valence-electron chi connectivity index (χ3n) is 1.34. The van der Waals surface area contributed by atoms with E-state index in [0.29, 0.717) is 0 Å². The van der Waals surface area contributed by atoms with Gasteiger partial charge >= 0.3 is 18.5 Å². The molecule has 0 aliphatic carbocycles. The van der Waals surface area contributed by atoms with Gasteiger partial charge in [-0.05, 0) is 0 Å². The number of carbonyl (C=O) groups excluding carboxylic acids is 1. The Morgan fingerprint density at radius 2 is 1.85 bits per heavy atom. The second-order valence-electron chi connectivity index (χ2n) is 2.23. The molecule has 0 saturated carbocycles. The van der Waals surface area contributed by atoms with Gasteiger partial charge in [-0.1, -0.05) is 0 Å². The predicted octanol–water partition coefficient (Wildman–Crippen LogP) is 1.72. The number of hydrogen-bond acceptors (Lipinski definition) is 3. The van der Waals surface area contributed by atoms with Gasteiger partial charge in [-0.2, -0.15) is 13.2 Å². The molecule has 76 valence electrons. The first kappa shape index (κ1) is 10.0. The molecule has 1 aliphatic heterocycles. The van der Waals surface area contributed by atoms with Gasteiger partial charge in [0.1, 0.15) is 0 Å². The molecule has 0 N–H and O–H groups in total. The zero-order valence-electron chi connectivity index (χ0n) is 5.85. The molecule has 0 aromatic heterocycles. The Bertz CT molecular complexity index is 218. The van der Waals surface area contributed by atoms with Crippen LogP contribution in [0.3, 0.4) is 0 Å². The number of halogens is 5. The van der Waals surface area contributed by atoms with E-state index in [1.165, 1.54) is 0 Å². The molecule has 8 heteroatoms. The Balaban J connectivity index is 2.77. The molecule has 3 nitrogen and oxygen atoms in total. The summed E-state index contributed by atoms with van der Waals surface area (Å²) >= 11 is 0. The first-order valence-electron chi connectivity index (χ1n) is 3.03. The molecule has 0 amide bonds. The van der Waals surface area contributed by atoms with Crippen molar-refractivity contribution in [3.8, 4) is 0 Å². The van der Waals surface area contributed by atoms with Crippen molar-refractivity contribution >= 4 is 6.16 Å². The minimum atomic E-state index is -4.74. The number of ether oxygens (including phenoxy) is 2. The van der Waals surface area contributed by atoms with Crippen LogP contribution >= 0.6 is 0 Å². The van der Waals surface area contributed by atoms with Crippen LogP contribution in [0.5, 0.6) is 0 Å². The lowest BCUT2D eigenvalue weighted by Crippen LogP contribution is -2.44. The molecule has 1 rings (SSSR count). The number of carbonyl (C=O) groups is 1. The van der Waals surface area contributed by atoms with E-state index in [0.717, 1.165) is 0 Å². The van der Waals surface area contributed by atoms with Gasteiger partial charge in [0.25, 0.3) is 6.36 Å². The summed E-state index contributed by atoms with van der Waals surface area (Å²) in [5.74, 6) is -4.74. The van der Waals surface area contributed by atoms with Gasteiger partial charge in [-0.3, -0.25) is 0 Å². The minimum Gasteiger partial charge on any atom is -0.417 e. The number of hydrogen-bond donors (Lipinski definition) is 0. The first-order valence-corrected chi connectivity index (χ1v) is 3.03. The number of rotatable bonds is 2. The molecule has 2 atom stereocenters. The summed E-state index contributed by atoms with van der Waals surface area (Å²) in [6.07, 6.45) is -11.6. The number of alkyl halides is 5. The molecule has 1 saturated heterocycles. The highest BCUT2D eigenvalue weighted by Gasteiger charge is 2.59. The van der Waals surface area contributed by atoms with Crippen molar-refractivity contribution in [3.05, 3.63) is 0 Å². The highest BCUT2D eigenvalue weighted by Crippen LogP contribution is 2.35. The fourth-order valence-electron chi connectivity index (χ4n) is 0.716. The Morgan fingerprint density at radius 3 is 2.15 bits per heavy atom. The molecule has 0 aromatic rings. The van der Waals surface area contributed by atoms with E-state index in [1.54, 1.807) is 0 Å². The zero-order chi connectivity index (χ0) is 10.2. The minimum absolute atomic E-state index is 1.72. The lowest BCUT2D eigenvalue weighted by molar-refractivity contribution is -0.203. The van der Waals surface area contributed by atoms with Crippen molar-refractivity contribution in [3.63, 3.8) is 0 Å². The molecule has 0 bridgehead atoms. The highest BCUT2D eigenvalue weighted by molar-refractivity contribution is 5.62. The van der Waals surface area contributed by atoms with Crippen LogP contribution in [-0.2, 0) is 9.47 Å². The monoisotopic (exact) mass is 206 g/mol. The second-order valence-corrected chi connectivity index (χ2v) is 2.23. The van der Waals surface area contributed by atoms with Crippen LogP contribution < -0.4 is 0 Å². The van der Waals surface area contributed by atoms with Gasteiger partial charge < -0.3 is 9.47 Å². The highest BCUT2D eigenvalue weighted by atomic mass is 19.3. The fraction of sp³-hybridized carbons (Fsp3) is 0.800. The number of cyclic esters (lactones) is 2. The standard InChI is InChI=1S/C5H3F5O3/c6-2-1(12-4(11)13-2)5(9,10)3(7)8/h1-3H. The van der Waals surface area contributed by atoms with Crippen molar-refractivity contribution in [2.75, 3.05) is 0 Å². The molecule has 1 heterocycles. The fourth-order valence-corrected chi connectivity index (χ4v) is 0.716. The Morgan fingerprint density at radius 1 is 1.31 bits per heavy atom. The summed E-state index contributed by atoms with van der Waals surface area (Å²) in [5, 5.41) is 0. The average molecular weight is 206 g/mol. The maximum Gasteiger partial charge on any atom is 0.511 e. The summed E-state index contributed by atoms with van der Waals surface area (Å²) in [6, 6.07) is 0. The first-order chi connectivity index (χ1) is 5.85. The average Bonchev–Trinajstić information content (AvgIpc) is 2.30. The molecule has 13 heavy (non-hydrogen) atoms. The lowest BCUT2D eigenvalue weighted by atomic mass is 10.2. The van der Waals surface area contributed by atoms with Crippen LogP contribution in [-0.4, -0.2) is 31.0 Å². The topological polar surface area (TPSA) is 35.5 Å². The molecule has 0 aromatic carbocycles. The molecular weight excluding hydrogens is 203 g/mol. The maximum atomic E-state index is 12.3. The van der Waals surface area contributed by atoms with Crippen LogP contribution in [0.2, 0.25) is 0 Å². The Kier molecular flexibility index (Phi) is 2.31. The van der Waals surface area contributed by atoms with Gasteiger partial charge in [-0.15, -0.1) is 0 Å². The van der Waals surface area contributed by atoms with Gasteiger partial charge in [0.15, 0.2) is 0 Å². The quantitative estimate of drug-likeness (QED) is 0.509. The SMILES string of the molecule is O=C1OC(F)C(C(F)(F)C(F)F)O1. The largest absolute Gasteiger partial charge is 0.511 e. The van der Waals surface area contributed by atoms with Crippen molar-refractivity contribution in [1.29, 1.82) is 0 Å². The normalized spacial score (nSPS) is 28.9. The third kappa shape index (κ3) is 1.65. The van der Waals surface area contributed by atoms with Crippen molar-refractivity contribution in [2.45, 2.75) is 24.8 Å². The van der Waals surface area contributed by atoms with Crippen LogP contribution in [0.1, 0.15) is 0 Å². The van der Waals surface area contributed by atoms with Gasteiger partial charge in [0.2, 0.25) is 6.10 Å². The van der Waals surface area contributed by atoms with E-state index < -0.39 is 31.0 Å². The van der Waals surface area contributed by atoms with Crippen molar-refractivity contribution in [2.24, 2.45) is 0 Å². The second kappa shape index (κ2) is 3.00. The van der Waals surface area contributed by atoms with E-state index in [4.69, 9.17) is 0 Å². The maximum absolute atomic E-state index is 12.3. The van der Waals surface area contributed by atoms with Crippen LogP contribution in [0, 0.1) is 0 Å². The van der Waals surface area contributed by atoms with Crippen LogP contribution in [0.15, 0.2) is 0 Å². The molecule has 1 aliphatic rings. The van der Waals surface area contributed by atoms with E-state index in [1.807, 2.05) is 0 Å². The summed E-state index contributed by atoms with van der Waals surface area (Å²) in [6.45, 7) is 0. The van der Waals surface area contributed by atoms with E-state index in [-0.39, 0.29) is 0 Å². The summed E-state index contributed by atoms with van der Waals surface area (Å²) in [5.41, 5.74) is 0. The molecule has 1 fully saturated rings. The van der Waals surface area contributed by atoms with E-state index >= 15 is 0 Å². The molecule has 2 unspecified atom stereocenters. The van der Waals surface area contributed by atoms with Crippen LogP contribution in [0.25, 0.3) is 0 Å². The van der Waals surface area contributed by atoms with Crippen molar-refractivity contribution in [1.82, 2.24) is 0 Å². The summed E-state index contributed by atoms with van der Waals surface area (Å²) < 4.78 is 67.2. The van der Waals surface area contributed by atoms with Gasteiger partial charge in [0.05, 0.1) is 0 Å².